The molecule has 0 atom stereocenters. The second-order valence-corrected chi connectivity index (χ2v) is 4.78. The highest BCUT2D eigenvalue weighted by Crippen LogP contribution is 2.23. The van der Waals surface area contributed by atoms with Crippen molar-refractivity contribution >= 4 is 23.0 Å². The molecule has 0 amide bonds. The van der Waals surface area contributed by atoms with Crippen LogP contribution in [0.1, 0.15) is 39.5 Å². The van der Waals surface area contributed by atoms with Crippen LogP contribution in [-0.2, 0) is 0 Å². The number of unbranched alkanes of at least 4 members (excludes halogenated alkanes) is 3. The molecule has 0 aliphatic carbocycles. The van der Waals surface area contributed by atoms with E-state index in [-0.39, 0.29) is 0 Å². The molecular formula is C15H24N2OS. The number of ether oxygens (including phenoxy) is 1. The molecule has 0 unspecified atom stereocenters. The third-order valence-electron chi connectivity index (χ3n) is 2.75. The van der Waals surface area contributed by atoms with Crippen molar-refractivity contribution in [3.05, 3.63) is 24.3 Å². The van der Waals surface area contributed by atoms with E-state index in [9.17, 15) is 0 Å². The average molecular weight is 280 g/mol. The zero-order valence-electron chi connectivity index (χ0n) is 11.9. The fourth-order valence-corrected chi connectivity index (χ4v) is 1.98. The van der Waals surface area contributed by atoms with Crippen LogP contribution in [0.4, 0.5) is 5.69 Å². The first-order valence-corrected chi connectivity index (χ1v) is 7.45. The van der Waals surface area contributed by atoms with Crippen LogP contribution in [0.25, 0.3) is 0 Å². The summed E-state index contributed by atoms with van der Waals surface area (Å²) in [5.41, 5.74) is 0.912. The van der Waals surface area contributed by atoms with E-state index in [1.165, 1.54) is 19.3 Å². The van der Waals surface area contributed by atoms with Gasteiger partial charge in [0.1, 0.15) is 5.75 Å². The average Bonchev–Trinajstić information content (AvgIpc) is 2.41. The summed E-state index contributed by atoms with van der Waals surface area (Å²) in [6.45, 7) is 5.75. The number of hydrogen-bond donors (Lipinski definition) is 2. The van der Waals surface area contributed by atoms with Gasteiger partial charge in [-0.15, -0.1) is 0 Å². The van der Waals surface area contributed by atoms with Crippen LogP contribution in [0.5, 0.6) is 5.75 Å². The van der Waals surface area contributed by atoms with E-state index in [1.807, 2.05) is 31.2 Å². The van der Waals surface area contributed by atoms with Gasteiger partial charge in [-0.3, -0.25) is 0 Å². The molecule has 0 aliphatic heterocycles. The molecule has 1 aromatic rings. The highest BCUT2D eigenvalue weighted by molar-refractivity contribution is 7.80. The maximum Gasteiger partial charge on any atom is 0.170 e. The largest absolute Gasteiger partial charge is 0.492 e. The minimum absolute atomic E-state index is 0.649. The van der Waals surface area contributed by atoms with Crippen LogP contribution in [0.3, 0.4) is 0 Å². The van der Waals surface area contributed by atoms with E-state index in [0.29, 0.717) is 11.7 Å². The summed E-state index contributed by atoms with van der Waals surface area (Å²) in [6, 6.07) is 7.83. The van der Waals surface area contributed by atoms with Crippen LogP contribution in [0, 0.1) is 0 Å². The van der Waals surface area contributed by atoms with Crippen molar-refractivity contribution in [3.8, 4) is 5.75 Å². The topological polar surface area (TPSA) is 33.3 Å². The Morgan fingerprint density at radius 3 is 2.68 bits per heavy atom. The second kappa shape index (κ2) is 9.62. The van der Waals surface area contributed by atoms with Crippen LogP contribution in [0.2, 0.25) is 0 Å². The van der Waals surface area contributed by atoms with Gasteiger partial charge in [0.15, 0.2) is 5.11 Å². The lowest BCUT2D eigenvalue weighted by Gasteiger charge is -2.14. The van der Waals surface area contributed by atoms with Crippen molar-refractivity contribution in [3.63, 3.8) is 0 Å². The molecule has 4 heteroatoms. The first kappa shape index (κ1) is 15.8. The summed E-state index contributed by atoms with van der Waals surface area (Å²) in [6.07, 6.45) is 4.95. The number of rotatable bonds is 8. The Morgan fingerprint density at radius 1 is 1.16 bits per heavy atom. The van der Waals surface area contributed by atoms with Crippen LogP contribution in [0.15, 0.2) is 24.3 Å². The van der Waals surface area contributed by atoms with E-state index < -0.39 is 0 Å². The van der Waals surface area contributed by atoms with Gasteiger partial charge in [0.2, 0.25) is 0 Å². The predicted molar refractivity (Wildman–Crippen MR) is 86.0 cm³/mol. The van der Waals surface area contributed by atoms with Crippen LogP contribution in [-0.4, -0.2) is 18.3 Å². The maximum atomic E-state index is 5.55. The minimum Gasteiger partial charge on any atom is -0.492 e. The van der Waals surface area contributed by atoms with Gasteiger partial charge in [-0.25, -0.2) is 0 Å². The number of thiocarbonyl (C=S) groups is 1. The summed E-state index contributed by atoms with van der Waals surface area (Å²) in [7, 11) is 0. The number of anilines is 1. The third-order valence-corrected chi connectivity index (χ3v) is 3.00. The van der Waals surface area contributed by atoms with E-state index >= 15 is 0 Å². The lowest BCUT2D eigenvalue weighted by molar-refractivity contribution is 0.342. The molecule has 19 heavy (non-hydrogen) atoms. The molecule has 0 saturated heterocycles. The second-order valence-electron chi connectivity index (χ2n) is 4.37. The molecule has 0 aromatic heterocycles. The minimum atomic E-state index is 0.649. The normalized spacial score (nSPS) is 10.0. The Hall–Kier alpha value is -1.29. The zero-order valence-corrected chi connectivity index (χ0v) is 12.7. The number of benzene rings is 1. The van der Waals surface area contributed by atoms with E-state index in [0.717, 1.165) is 24.4 Å². The van der Waals surface area contributed by atoms with Crippen LogP contribution >= 0.6 is 12.2 Å². The zero-order chi connectivity index (χ0) is 13.9. The van der Waals surface area contributed by atoms with Gasteiger partial charge in [-0.1, -0.05) is 38.3 Å². The molecule has 106 valence electrons. The summed E-state index contributed by atoms with van der Waals surface area (Å²) < 4.78 is 5.55. The Balaban J connectivity index is 2.35. The molecule has 0 saturated carbocycles. The first-order chi connectivity index (χ1) is 9.27. The van der Waals surface area contributed by atoms with Crippen LogP contribution < -0.4 is 15.4 Å². The molecule has 1 aromatic carbocycles. The lowest BCUT2D eigenvalue weighted by atomic mass is 10.2. The van der Waals surface area contributed by atoms with Gasteiger partial charge in [0, 0.05) is 6.54 Å². The Kier molecular flexibility index (Phi) is 7.98. The monoisotopic (exact) mass is 280 g/mol. The fraction of sp³-hybridized carbons (Fsp3) is 0.533. The molecule has 0 bridgehead atoms. The molecular weight excluding hydrogens is 256 g/mol. The summed E-state index contributed by atoms with van der Waals surface area (Å²) in [5.74, 6) is 0.833. The molecule has 0 heterocycles. The molecule has 0 radical (unpaired) electrons. The van der Waals surface area contributed by atoms with Gasteiger partial charge in [-0.05, 0) is 37.7 Å². The van der Waals surface area contributed by atoms with Gasteiger partial charge in [0.25, 0.3) is 0 Å². The van der Waals surface area contributed by atoms with Crippen molar-refractivity contribution in [1.82, 2.24) is 5.32 Å². The SMILES string of the molecule is CCCCCCNC(=S)Nc1ccccc1OCC. The molecule has 0 spiro atoms. The smallest absolute Gasteiger partial charge is 0.170 e. The van der Waals surface area contributed by atoms with Crippen molar-refractivity contribution < 1.29 is 4.74 Å². The quantitative estimate of drug-likeness (QED) is 0.558. The predicted octanol–water partition coefficient (Wildman–Crippen LogP) is 3.95. The summed E-state index contributed by atoms with van der Waals surface area (Å²) in [4.78, 5) is 0. The molecule has 0 aliphatic rings. The van der Waals surface area contributed by atoms with Gasteiger partial charge < -0.3 is 15.4 Å². The number of para-hydroxylation sites is 2. The Morgan fingerprint density at radius 2 is 1.95 bits per heavy atom. The van der Waals surface area contributed by atoms with Crippen molar-refractivity contribution in [2.75, 3.05) is 18.5 Å². The van der Waals surface area contributed by atoms with Gasteiger partial charge in [-0.2, -0.15) is 0 Å². The summed E-state index contributed by atoms with van der Waals surface area (Å²) in [5, 5.41) is 7.06. The number of hydrogen-bond acceptors (Lipinski definition) is 2. The molecule has 0 fully saturated rings. The van der Waals surface area contributed by atoms with E-state index in [2.05, 4.69) is 17.6 Å². The third kappa shape index (κ3) is 6.43. The summed E-state index contributed by atoms with van der Waals surface area (Å²) >= 11 is 5.28. The molecule has 1 rings (SSSR count). The first-order valence-electron chi connectivity index (χ1n) is 7.04. The maximum absolute atomic E-state index is 5.55. The van der Waals surface area contributed by atoms with Gasteiger partial charge in [0.05, 0.1) is 12.3 Å². The van der Waals surface area contributed by atoms with E-state index in [1.54, 1.807) is 0 Å². The number of nitrogens with one attached hydrogen (secondary N) is 2. The van der Waals surface area contributed by atoms with Crippen molar-refractivity contribution in [2.24, 2.45) is 0 Å². The fourth-order valence-electron chi connectivity index (χ4n) is 1.77. The molecule has 3 nitrogen and oxygen atoms in total. The highest BCUT2D eigenvalue weighted by atomic mass is 32.1. The van der Waals surface area contributed by atoms with Crippen molar-refractivity contribution in [1.29, 1.82) is 0 Å². The lowest BCUT2D eigenvalue weighted by Crippen LogP contribution is -2.29. The molecule has 2 N–H and O–H groups in total. The van der Waals surface area contributed by atoms with Crippen molar-refractivity contribution in [2.45, 2.75) is 39.5 Å². The van der Waals surface area contributed by atoms with E-state index in [4.69, 9.17) is 17.0 Å². The van der Waals surface area contributed by atoms with Gasteiger partial charge >= 0.3 is 0 Å². The Labute approximate surface area is 121 Å². The Bertz CT molecular complexity index is 382. The standard InChI is InChI=1S/C15H24N2OS/c1-3-5-6-9-12-16-15(19)17-13-10-7-8-11-14(13)18-4-2/h7-8,10-11H,3-6,9,12H2,1-2H3,(H2,16,17,19). The highest BCUT2D eigenvalue weighted by Gasteiger charge is 2.03.